The monoisotopic (exact) mass is 264 g/mol. The van der Waals surface area contributed by atoms with Gasteiger partial charge in [0, 0.05) is 26.2 Å². The molecule has 0 aliphatic rings. The number of aliphatic imine (C=N–C) groups is 1. The molecule has 3 N–H and O–H groups in total. The van der Waals surface area contributed by atoms with Crippen LogP contribution in [0.1, 0.15) is 27.2 Å². The second kappa shape index (κ2) is 8.30. The number of nitrogens with one attached hydrogen (secondary N) is 3. The van der Waals surface area contributed by atoms with Gasteiger partial charge in [0.15, 0.2) is 5.96 Å². The van der Waals surface area contributed by atoms with Crippen molar-refractivity contribution in [1.29, 1.82) is 0 Å². The van der Waals surface area contributed by atoms with Gasteiger partial charge in [-0.15, -0.1) is 0 Å². The Kier molecular flexibility index (Phi) is 7.90. The van der Waals surface area contributed by atoms with Crippen LogP contribution in [0.15, 0.2) is 4.99 Å². The van der Waals surface area contributed by atoms with E-state index in [4.69, 9.17) is 0 Å². The summed E-state index contributed by atoms with van der Waals surface area (Å²) < 4.78 is 24.8. The van der Waals surface area contributed by atoms with Crippen LogP contribution in [-0.4, -0.2) is 46.3 Å². The maximum atomic E-state index is 11.2. The lowest BCUT2D eigenvalue weighted by Crippen LogP contribution is -2.44. The molecular weight excluding hydrogens is 240 g/mol. The van der Waals surface area contributed by atoms with Crippen LogP contribution in [0, 0.1) is 0 Å². The highest BCUT2D eigenvalue weighted by Crippen LogP contribution is 1.86. The first-order valence-electron chi connectivity index (χ1n) is 5.89. The van der Waals surface area contributed by atoms with Crippen molar-refractivity contribution < 1.29 is 8.42 Å². The highest BCUT2D eigenvalue weighted by atomic mass is 32.2. The fourth-order valence-corrected chi connectivity index (χ4v) is 1.64. The van der Waals surface area contributed by atoms with Crippen molar-refractivity contribution in [2.45, 2.75) is 33.2 Å². The summed E-state index contributed by atoms with van der Waals surface area (Å²) in [6, 6.07) is 0.341. The molecule has 102 valence electrons. The molecule has 0 aliphatic carbocycles. The lowest BCUT2D eigenvalue weighted by molar-refractivity contribution is 0.580. The first-order valence-corrected chi connectivity index (χ1v) is 7.54. The lowest BCUT2D eigenvalue weighted by Gasteiger charge is -2.16. The maximum Gasteiger partial charge on any atom is 0.211 e. The van der Waals surface area contributed by atoms with Gasteiger partial charge in [0.25, 0.3) is 0 Å². The van der Waals surface area contributed by atoms with Crippen molar-refractivity contribution in [3.05, 3.63) is 0 Å². The SMILES string of the molecule is CCC(C)NC(=NC)NCCNS(=O)(=O)CC. The number of nitrogens with zero attached hydrogens (tertiary/aromatic N) is 1. The molecule has 0 saturated heterocycles. The molecule has 6 nitrogen and oxygen atoms in total. The normalized spacial score (nSPS) is 14.5. The molecule has 7 heteroatoms. The Morgan fingerprint density at radius 3 is 2.41 bits per heavy atom. The molecule has 17 heavy (non-hydrogen) atoms. The van der Waals surface area contributed by atoms with Crippen molar-refractivity contribution in [1.82, 2.24) is 15.4 Å². The molecule has 0 spiro atoms. The quantitative estimate of drug-likeness (QED) is 0.340. The predicted octanol–water partition coefficient (Wildman–Crippen LogP) is -0.111. The molecule has 0 heterocycles. The van der Waals surface area contributed by atoms with Gasteiger partial charge >= 0.3 is 0 Å². The van der Waals surface area contributed by atoms with Gasteiger partial charge in [0.2, 0.25) is 10.0 Å². The molecule has 0 radical (unpaired) electrons. The van der Waals surface area contributed by atoms with E-state index >= 15 is 0 Å². The smallest absolute Gasteiger partial charge is 0.211 e. The average molecular weight is 264 g/mol. The van der Waals surface area contributed by atoms with Gasteiger partial charge in [-0.25, -0.2) is 13.1 Å². The third kappa shape index (κ3) is 7.98. The predicted molar refractivity (Wildman–Crippen MR) is 71.7 cm³/mol. The molecule has 0 rings (SSSR count). The third-order valence-corrected chi connectivity index (χ3v) is 3.74. The molecule has 0 fully saturated rings. The van der Waals surface area contributed by atoms with Gasteiger partial charge in [-0.05, 0) is 20.3 Å². The fourth-order valence-electron chi connectivity index (χ4n) is 1.02. The first kappa shape index (κ1) is 16.2. The van der Waals surface area contributed by atoms with Crippen molar-refractivity contribution in [2.75, 3.05) is 25.9 Å². The number of rotatable bonds is 7. The number of hydrogen-bond acceptors (Lipinski definition) is 3. The zero-order valence-corrected chi connectivity index (χ0v) is 11.9. The summed E-state index contributed by atoms with van der Waals surface area (Å²) in [5.41, 5.74) is 0. The highest BCUT2D eigenvalue weighted by Gasteiger charge is 2.05. The molecular formula is C10H24N4O2S. The van der Waals surface area contributed by atoms with Crippen LogP contribution in [-0.2, 0) is 10.0 Å². The van der Waals surface area contributed by atoms with Crippen LogP contribution < -0.4 is 15.4 Å². The van der Waals surface area contributed by atoms with Crippen LogP contribution in [0.3, 0.4) is 0 Å². The zero-order valence-electron chi connectivity index (χ0n) is 11.1. The Morgan fingerprint density at radius 1 is 1.29 bits per heavy atom. The molecule has 0 amide bonds. The van der Waals surface area contributed by atoms with Crippen LogP contribution >= 0.6 is 0 Å². The summed E-state index contributed by atoms with van der Waals surface area (Å²) in [7, 11) is -1.41. The minimum absolute atomic E-state index is 0.104. The van der Waals surface area contributed by atoms with Gasteiger partial charge in [-0.1, -0.05) is 6.92 Å². The molecule has 0 aliphatic heterocycles. The Labute approximate surface area is 104 Å². The van der Waals surface area contributed by atoms with Gasteiger partial charge < -0.3 is 10.6 Å². The molecule has 0 aromatic heterocycles. The number of hydrogen-bond donors (Lipinski definition) is 3. The molecule has 0 saturated carbocycles. The second-order valence-electron chi connectivity index (χ2n) is 3.75. The van der Waals surface area contributed by atoms with Crippen molar-refractivity contribution in [3.63, 3.8) is 0 Å². The lowest BCUT2D eigenvalue weighted by atomic mass is 10.3. The van der Waals surface area contributed by atoms with Gasteiger partial charge in [0.05, 0.1) is 5.75 Å². The van der Waals surface area contributed by atoms with E-state index in [9.17, 15) is 8.42 Å². The van der Waals surface area contributed by atoms with Crippen molar-refractivity contribution in [2.24, 2.45) is 4.99 Å². The molecule has 1 atom stereocenters. The standard InChI is InChI=1S/C10H24N4O2S/c1-5-9(3)14-10(11-4)12-7-8-13-17(15,16)6-2/h9,13H,5-8H2,1-4H3,(H2,11,12,14). The van der Waals surface area contributed by atoms with E-state index < -0.39 is 10.0 Å². The van der Waals surface area contributed by atoms with Crippen LogP contribution in [0.5, 0.6) is 0 Å². The Bertz CT molecular complexity index is 327. The third-order valence-electron chi connectivity index (χ3n) is 2.34. The minimum atomic E-state index is -3.10. The number of sulfonamides is 1. The summed E-state index contributed by atoms with van der Waals surface area (Å²) >= 11 is 0. The highest BCUT2D eigenvalue weighted by molar-refractivity contribution is 7.89. The molecule has 1 unspecified atom stereocenters. The minimum Gasteiger partial charge on any atom is -0.355 e. The fraction of sp³-hybridized carbons (Fsp3) is 0.900. The van der Waals surface area contributed by atoms with Gasteiger partial charge in [-0.3, -0.25) is 4.99 Å². The topological polar surface area (TPSA) is 82.6 Å². The summed E-state index contributed by atoms with van der Waals surface area (Å²) in [5.74, 6) is 0.794. The first-order chi connectivity index (χ1) is 7.95. The second-order valence-corrected chi connectivity index (χ2v) is 5.85. The van der Waals surface area contributed by atoms with Gasteiger partial charge in [-0.2, -0.15) is 0 Å². The van der Waals surface area contributed by atoms with E-state index in [1.54, 1.807) is 14.0 Å². The van der Waals surface area contributed by atoms with Crippen LogP contribution in [0.2, 0.25) is 0 Å². The van der Waals surface area contributed by atoms with Crippen molar-refractivity contribution >= 4 is 16.0 Å². The van der Waals surface area contributed by atoms with Crippen molar-refractivity contribution in [3.8, 4) is 0 Å². The van der Waals surface area contributed by atoms with E-state index in [0.717, 1.165) is 6.42 Å². The summed E-state index contributed by atoms with van der Waals surface area (Å²) in [4.78, 5) is 4.05. The van der Waals surface area contributed by atoms with E-state index in [0.29, 0.717) is 25.1 Å². The van der Waals surface area contributed by atoms with Crippen LogP contribution in [0.25, 0.3) is 0 Å². The van der Waals surface area contributed by atoms with Crippen LogP contribution in [0.4, 0.5) is 0 Å². The Hall–Kier alpha value is -0.820. The average Bonchev–Trinajstić information content (AvgIpc) is 2.32. The van der Waals surface area contributed by atoms with E-state index in [1.165, 1.54) is 0 Å². The van der Waals surface area contributed by atoms with E-state index in [-0.39, 0.29) is 5.75 Å². The summed E-state index contributed by atoms with van der Waals surface area (Å²) in [6.07, 6.45) is 1.00. The Morgan fingerprint density at radius 2 is 1.94 bits per heavy atom. The zero-order chi connectivity index (χ0) is 13.3. The Balaban J connectivity index is 3.87. The number of guanidine groups is 1. The van der Waals surface area contributed by atoms with E-state index in [1.807, 2.05) is 0 Å². The molecule has 0 aromatic carbocycles. The summed E-state index contributed by atoms with van der Waals surface area (Å²) in [5, 5.41) is 6.23. The van der Waals surface area contributed by atoms with E-state index in [2.05, 4.69) is 34.2 Å². The van der Waals surface area contributed by atoms with Gasteiger partial charge in [0.1, 0.15) is 0 Å². The maximum absolute atomic E-state index is 11.2. The summed E-state index contributed by atoms with van der Waals surface area (Å²) in [6.45, 7) is 6.62. The molecule has 0 aromatic rings. The largest absolute Gasteiger partial charge is 0.355 e. The molecule has 0 bridgehead atoms.